The topological polar surface area (TPSA) is 62.7 Å². The number of anilines is 1. The molecule has 1 aromatic heterocycles. The molecule has 1 aromatic rings. The van der Waals surface area contributed by atoms with E-state index in [1.165, 1.54) is 0 Å². The fourth-order valence-electron chi connectivity index (χ4n) is 0.995. The molecule has 0 aliphatic heterocycles. The molecule has 0 saturated heterocycles. The van der Waals surface area contributed by atoms with E-state index in [0.717, 1.165) is 6.20 Å². The standard InChI is InChI=1S/C8H6ClF2N3/c9-4-3-14-5(1-2-12)7(13)6(4)8(10)11/h3,8H,1,13H2. The van der Waals surface area contributed by atoms with E-state index in [4.69, 9.17) is 22.6 Å². The molecule has 0 radical (unpaired) electrons. The largest absolute Gasteiger partial charge is 0.397 e. The van der Waals surface area contributed by atoms with E-state index in [1.807, 2.05) is 0 Å². The van der Waals surface area contributed by atoms with Crippen molar-refractivity contribution < 1.29 is 8.78 Å². The Hall–Kier alpha value is -1.41. The van der Waals surface area contributed by atoms with Gasteiger partial charge < -0.3 is 5.73 Å². The van der Waals surface area contributed by atoms with Crippen LogP contribution in [-0.4, -0.2) is 4.98 Å². The van der Waals surface area contributed by atoms with E-state index in [1.54, 1.807) is 6.07 Å². The van der Waals surface area contributed by atoms with Gasteiger partial charge in [-0.2, -0.15) is 5.26 Å². The lowest BCUT2D eigenvalue weighted by atomic mass is 10.1. The van der Waals surface area contributed by atoms with Gasteiger partial charge in [-0.1, -0.05) is 11.6 Å². The summed E-state index contributed by atoms with van der Waals surface area (Å²) >= 11 is 5.49. The third kappa shape index (κ3) is 1.91. The molecule has 0 bridgehead atoms. The highest BCUT2D eigenvalue weighted by Crippen LogP contribution is 2.32. The smallest absolute Gasteiger partial charge is 0.267 e. The summed E-state index contributed by atoms with van der Waals surface area (Å²) < 4.78 is 24.9. The van der Waals surface area contributed by atoms with Crippen LogP contribution in [0.3, 0.4) is 0 Å². The fraction of sp³-hybridized carbons (Fsp3) is 0.250. The van der Waals surface area contributed by atoms with E-state index < -0.39 is 12.0 Å². The second kappa shape index (κ2) is 4.20. The lowest BCUT2D eigenvalue weighted by Crippen LogP contribution is -2.03. The molecule has 0 aliphatic rings. The van der Waals surface area contributed by atoms with Crippen molar-refractivity contribution in [3.63, 3.8) is 0 Å². The Balaban J connectivity index is 3.28. The zero-order valence-corrected chi connectivity index (χ0v) is 7.72. The van der Waals surface area contributed by atoms with Crippen LogP contribution >= 0.6 is 11.6 Å². The zero-order chi connectivity index (χ0) is 10.7. The fourth-order valence-corrected chi connectivity index (χ4v) is 1.23. The first kappa shape index (κ1) is 10.7. The number of hydrogen-bond donors (Lipinski definition) is 1. The lowest BCUT2D eigenvalue weighted by Gasteiger charge is -2.08. The first-order valence-electron chi connectivity index (χ1n) is 3.65. The number of aromatic nitrogens is 1. The Morgan fingerprint density at radius 2 is 2.29 bits per heavy atom. The highest BCUT2D eigenvalue weighted by atomic mass is 35.5. The molecule has 0 aliphatic carbocycles. The van der Waals surface area contributed by atoms with Crippen LogP contribution in [0, 0.1) is 11.3 Å². The Bertz CT molecular complexity index is 387. The van der Waals surface area contributed by atoms with Crippen LogP contribution in [0.15, 0.2) is 6.20 Å². The van der Waals surface area contributed by atoms with Crippen LogP contribution in [0.5, 0.6) is 0 Å². The summed E-state index contributed by atoms with van der Waals surface area (Å²) in [7, 11) is 0. The number of nitrogen functional groups attached to an aromatic ring is 1. The molecule has 0 spiro atoms. The van der Waals surface area contributed by atoms with Crippen molar-refractivity contribution in [2.75, 3.05) is 5.73 Å². The number of hydrogen-bond acceptors (Lipinski definition) is 3. The predicted octanol–water partition coefficient (Wildman–Crippen LogP) is 2.32. The SMILES string of the molecule is N#CCc1ncc(Cl)c(C(F)F)c1N. The molecule has 1 heterocycles. The van der Waals surface area contributed by atoms with Crippen molar-refractivity contribution in [2.45, 2.75) is 12.8 Å². The lowest BCUT2D eigenvalue weighted by molar-refractivity contribution is 0.152. The maximum atomic E-state index is 12.4. The third-order valence-electron chi connectivity index (χ3n) is 1.66. The van der Waals surface area contributed by atoms with Crippen molar-refractivity contribution in [1.29, 1.82) is 5.26 Å². The molecular formula is C8H6ClF2N3. The van der Waals surface area contributed by atoms with Crippen molar-refractivity contribution in [3.8, 4) is 6.07 Å². The van der Waals surface area contributed by atoms with E-state index in [0.29, 0.717) is 0 Å². The molecule has 0 amide bonds. The molecule has 1 rings (SSSR count). The normalized spacial score (nSPS) is 10.2. The number of nitrogens with zero attached hydrogens (tertiary/aromatic N) is 2. The summed E-state index contributed by atoms with van der Waals surface area (Å²) in [6.07, 6.45) is -1.79. The van der Waals surface area contributed by atoms with Gasteiger partial charge in [-0.3, -0.25) is 4.98 Å². The molecule has 6 heteroatoms. The molecule has 0 saturated carbocycles. The summed E-state index contributed by atoms with van der Waals surface area (Å²) in [6, 6.07) is 1.78. The van der Waals surface area contributed by atoms with E-state index in [-0.39, 0.29) is 22.8 Å². The monoisotopic (exact) mass is 217 g/mol. The number of alkyl halides is 2. The predicted molar refractivity (Wildman–Crippen MR) is 47.9 cm³/mol. The molecule has 0 aromatic carbocycles. The third-order valence-corrected chi connectivity index (χ3v) is 1.96. The molecule has 14 heavy (non-hydrogen) atoms. The first-order valence-corrected chi connectivity index (χ1v) is 4.03. The molecule has 74 valence electrons. The van der Waals surface area contributed by atoms with Crippen molar-refractivity contribution in [1.82, 2.24) is 4.98 Å². The van der Waals surface area contributed by atoms with Gasteiger partial charge in [-0.25, -0.2) is 8.78 Å². The van der Waals surface area contributed by atoms with Crippen LogP contribution in [0.1, 0.15) is 17.7 Å². The minimum absolute atomic E-state index is 0.108. The number of rotatable bonds is 2. The Kier molecular flexibility index (Phi) is 3.20. The summed E-state index contributed by atoms with van der Waals surface area (Å²) in [5.41, 5.74) is 4.87. The summed E-state index contributed by atoms with van der Waals surface area (Å²) in [6.45, 7) is 0. The van der Waals surface area contributed by atoms with Crippen LogP contribution in [-0.2, 0) is 6.42 Å². The average molecular weight is 218 g/mol. The Labute approximate surface area is 84.1 Å². The van der Waals surface area contributed by atoms with Gasteiger partial charge in [0.25, 0.3) is 6.43 Å². The Morgan fingerprint density at radius 3 is 2.79 bits per heavy atom. The van der Waals surface area contributed by atoms with Crippen molar-refractivity contribution in [3.05, 3.63) is 22.5 Å². The van der Waals surface area contributed by atoms with Gasteiger partial charge in [0.05, 0.1) is 34.5 Å². The number of nitrogens with two attached hydrogens (primary N) is 1. The summed E-state index contributed by atoms with van der Waals surface area (Å²) in [4.78, 5) is 3.70. The van der Waals surface area contributed by atoms with Crippen molar-refractivity contribution in [2.24, 2.45) is 0 Å². The highest BCUT2D eigenvalue weighted by Gasteiger charge is 2.18. The van der Waals surface area contributed by atoms with Gasteiger partial charge in [0.15, 0.2) is 0 Å². The average Bonchev–Trinajstić information content (AvgIpc) is 2.10. The van der Waals surface area contributed by atoms with Gasteiger partial charge in [0, 0.05) is 6.20 Å². The molecule has 0 unspecified atom stereocenters. The first-order chi connectivity index (χ1) is 6.57. The van der Waals surface area contributed by atoms with Gasteiger partial charge >= 0.3 is 0 Å². The molecular weight excluding hydrogens is 212 g/mol. The van der Waals surface area contributed by atoms with Gasteiger partial charge in [0.1, 0.15) is 0 Å². The number of pyridine rings is 1. The second-order valence-corrected chi connectivity index (χ2v) is 2.92. The Morgan fingerprint density at radius 1 is 1.64 bits per heavy atom. The zero-order valence-electron chi connectivity index (χ0n) is 6.97. The quantitative estimate of drug-likeness (QED) is 0.827. The van der Waals surface area contributed by atoms with Crippen LogP contribution in [0.2, 0.25) is 5.02 Å². The van der Waals surface area contributed by atoms with E-state index in [2.05, 4.69) is 4.98 Å². The van der Waals surface area contributed by atoms with E-state index >= 15 is 0 Å². The van der Waals surface area contributed by atoms with Gasteiger partial charge in [0.2, 0.25) is 0 Å². The highest BCUT2D eigenvalue weighted by molar-refractivity contribution is 6.31. The van der Waals surface area contributed by atoms with Crippen LogP contribution < -0.4 is 5.73 Å². The van der Waals surface area contributed by atoms with Gasteiger partial charge in [-0.15, -0.1) is 0 Å². The van der Waals surface area contributed by atoms with Crippen molar-refractivity contribution >= 4 is 17.3 Å². The summed E-state index contributed by atoms with van der Waals surface area (Å²) in [5, 5.41) is 8.20. The van der Waals surface area contributed by atoms with Gasteiger partial charge in [-0.05, 0) is 0 Å². The molecule has 0 fully saturated rings. The minimum Gasteiger partial charge on any atom is -0.397 e. The number of halogens is 3. The number of nitriles is 1. The van der Waals surface area contributed by atoms with Crippen LogP contribution in [0.4, 0.5) is 14.5 Å². The molecule has 3 nitrogen and oxygen atoms in total. The maximum absolute atomic E-state index is 12.4. The maximum Gasteiger partial charge on any atom is 0.267 e. The van der Waals surface area contributed by atoms with Crippen LogP contribution in [0.25, 0.3) is 0 Å². The van der Waals surface area contributed by atoms with E-state index in [9.17, 15) is 8.78 Å². The molecule has 2 N–H and O–H groups in total. The molecule has 0 atom stereocenters. The summed E-state index contributed by atoms with van der Waals surface area (Å²) in [5.74, 6) is 0. The second-order valence-electron chi connectivity index (χ2n) is 2.52. The minimum atomic E-state index is -2.76.